The standard InChI is InChI=1S/C13H18N2O3/c14-13(17)9-1-5-12(6-2-9)18-8-11(16)7-15-10-3-4-10/h1-2,5-6,10-11,15-16H,3-4,7-8H2,(H2,14,17). The van der Waals surface area contributed by atoms with E-state index in [0.717, 1.165) is 0 Å². The van der Waals surface area contributed by atoms with Crippen molar-refractivity contribution in [2.75, 3.05) is 13.2 Å². The Balaban J connectivity index is 1.72. The highest BCUT2D eigenvalue weighted by Crippen LogP contribution is 2.18. The molecule has 1 fully saturated rings. The number of benzene rings is 1. The van der Waals surface area contributed by atoms with E-state index in [0.29, 0.717) is 23.9 Å². The highest BCUT2D eigenvalue weighted by Gasteiger charge is 2.21. The Labute approximate surface area is 106 Å². The maximum atomic E-state index is 10.9. The molecule has 1 aliphatic carbocycles. The van der Waals surface area contributed by atoms with Crippen molar-refractivity contribution in [2.45, 2.75) is 25.0 Å². The van der Waals surface area contributed by atoms with Gasteiger partial charge < -0.3 is 20.9 Å². The topological polar surface area (TPSA) is 84.6 Å². The molecule has 1 aromatic carbocycles. The second kappa shape index (κ2) is 5.84. The lowest BCUT2D eigenvalue weighted by Crippen LogP contribution is -2.32. The minimum atomic E-state index is -0.526. The number of rotatable bonds is 7. The third-order valence-electron chi connectivity index (χ3n) is 2.80. The third-order valence-corrected chi connectivity index (χ3v) is 2.80. The molecule has 0 heterocycles. The van der Waals surface area contributed by atoms with E-state index < -0.39 is 12.0 Å². The molecule has 5 nitrogen and oxygen atoms in total. The molecule has 0 aliphatic heterocycles. The maximum Gasteiger partial charge on any atom is 0.248 e. The first-order valence-corrected chi connectivity index (χ1v) is 6.09. The van der Waals surface area contributed by atoms with Crippen LogP contribution in [0.25, 0.3) is 0 Å². The lowest BCUT2D eigenvalue weighted by molar-refractivity contribution is 0.0998. The number of ether oxygens (including phenoxy) is 1. The van der Waals surface area contributed by atoms with Crippen molar-refractivity contribution in [1.82, 2.24) is 5.32 Å². The van der Waals surface area contributed by atoms with Gasteiger partial charge in [0.25, 0.3) is 0 Å². The molecule has 4 N–H and O–H groups in total. The summed E-state index contributed by atoms with van der Waals surface area (Å²) >= 11 is 0. The minimum absolute atomic E-state index is 0.232. The Hall–Kier alpha value is -1.59. The molecule has 1 amide bonds. The Kier molecular flexibility index (Phi) is 4.17. The van der Waals surface area contributed by atoms with E-state index in [1.165, 1.54) is 12.8 Å². The second-order valence-corrected chi connectivity index (χ2v) is 4.54. The maximum absolute atomic E-state index is 10.9. The van der Waals surface area contributed by atoms with Gasteiger partial charge in [-0.15, -0.1) is 0 Å². The largest absolute Gasteiger partial charge is 0.491 e. The van der Waals surface area contributed by atoms with Crippen LogP contribution < -0.4 is 15.8 Å². The van der Waals surface area contributed by atoms with Crippen molar-refractivity contribution in [2.24, 2.45) is 5.73 Å². The number of hydrogen-bond acceptors (Lipinski definition) is 4. The van der Waals surface area contributed by atoms with Gasteiger partial charge in [-0.1, -0.05) is 0 Å². The molecule has 18 heavy (non-hydrogen) atoms. The summed E-state index contributed by atoms with van der Waals surface area (Å²) in [4.78, 5) is 10.9. The fourth-order valence-electron chi connectivity index (χ4n) is 1.56. The molecule has 98 valence electrons. The van der Waals surface area contributed by atoms with Gasteiger partial charge in [-0.05, 0) is 37.1 Å². The predicted octanol–water partition coefficient (Wildman–Crippen LogP) is 0.277. The Morgan fingerprint density at radius 2 is 2.11 bits per heavy atom. The van der Waals surface area contributed by atoms with Crippen LogP contribution in [0.1, 0.15) is 23.2 Å². The van der Waals surface area contributed by atoms with Crippen molar-refractivity contribution in [3.05, 3.63) is 29.8 Å². The van der Waals surface area contributed by atoms with E-state index in [9.17, 15) is 9.90 Å². The zero-order valence-electron chi connectivity index (χ0n) is 10.1. The van der Waals surface area contributed by atoms with E-state index in [4.69, 9.17) is 10.5 Å². The van der Waals surface area contributed by atoms with E-state index in [2.05, 4.69) is 5.32 Å². The molecule has 0 spiro atoms. The first-order chi connectivity index (χ1) is 8.65. The number of carbonyl (C=O) groups excluding carboxylic acids is 1. The Morgan fingerprint density at radius 1 is 1.44 bits per heavy atom. The lowest BCUT2D eigenvalue weighted by Gasteiger charge is -2.13. The molecule has 1 aliphatic rings. The van der Waals surface area contributed by atoms with Crippen molar-refractivity contribution >= 4 is 5.91 Å². The summed E-state index contributed by atoms with van der Waals surface area (Å²) in [5.41, 5.74) is 5.57. The van der Waals surface area contributed by atoms with E-state index in [-0.39, 0.29) is 6.61 Å². The van der Waals surface area contributed by atoms with Crippen LogP contribution in [0.5, 0.6) is 5.75 Å². The zero-order chi connectivity index (χ0) is 13.0. The molecule has 1 atom stereocenters. The number of aliphatic hydroxyl groups is 1. The summed E-state index contributed by atoms with van der Waals surface area (Å²) < 4.78 is 5.41. The van der Waals surface area contributed by atoms with Crippen LogP contribution in [0.4, 0.5) is 0 Å². The summed E-state index contributed by atoms with van der Waals surface area (Å²) in [7, 11) is 0. The number of nitrogens with one attached hydrogen (secondary N) is 1. The predicted molar refractivity (Wildman–Crippen MR) is 67.5 cm³/mol. The highest BCUT2D eigenvalue weighted by molar-refractivity contribution is 5.92. The van der Waals surface area contributed by atoms with Crippen molar-refractivity contribution in [3.8, 4) is 5.75 Å². The van der Waals surface area contributed by atoms with Gasteiger partial charge in [0.2, 0.25) is 5.91 Å². The quantitative estimate of drug-likeness (QED) is 0.649. The van der Waals surface area contributed by atoms with Gasteiger partial charge >= 0.3 is 0 Å². The highest BCUT2D eigenvalue weighted by atomic mass is 16.5. The van der Waals surface area contributed by atoms with E-state index in [1.54, 1.807) is 24.3 Å². The molecular weight excluding hydrogens is 232 g/mol. The average molecular weight is 250 g/mol. The van der Waals surface area contributed by atoms with Crippen LogP contribution in [-0.2, 0) is 0 Å². The molecule has 1 aromatic rings. The summed E-state index contributed by atoms with van der Waals surface area (Å²) in [6.07, 6.45) is 1.87. The summed E-state index contributed by atoms with van der Waals surface area (Å²) in [5, 5.41) is 12.9. The molecule has 0 bridgehead atoms. The van der Waals surface area contributed by atoms with Gasteiger partial charge in [-0.2, -0.15) is 0 Å². The summed E-state index contributed by atoms with van der Waals surface area (Å²) in [5.74, 6) is 0.153. The number of aliphatic hydroxyl groups excluding tert-OH is 1. The first-order valence-electron chi connectivity index (χ1n) is 6.09. The van der Waals surface area contributed by atoms with Crippen LogP contribution >= 0.6 is 0 Å². The molecule has 0 aromatic heterocycles. The smallest absolute Gasteiger partial charge is 0.248 e. The Bertz CT molecular complexity index is 401. The molecule has 0 radical (unpaired) electrons. The van der Waals surface area contributed by atoms with Crippen LogP contribution in [0.15, 0.2) is 24.3 Å². The summed E-state index contributed by atoms with van der Waals surface area (Å²) in [6.45, 7) is 0.777. The number of primary amides is 1. The summed E-state index contributed by atoms with van der Waals surface area (Å²) in [6, 6.07) is 7.12. The fraction of sp³-hybridized carbons (Fsp3) is 0.462. The van der Waals surface area contributed by atoms with Gasteiger partial charge in [0.15, 0.2) is 0 Å². The molecule has 2 rings (SSSR count). The second-order valence-electron chi connectivity index (χ2n) is 4.54. The lowest BCUT2D eigenvalue weighted by atomic mass is 10.2. The SMILES string of the molecule is NC(=O)c1ccc(OCC(O)CNC2CC2)cc1. The van der Waals surface area contributed by atoms with Crippen molar-refractivity contribution in [3.63, 3.8) is 0 Å². The monoisotopic (exact) mass is 250 g/mol. The van der Waals surface area contributed by atoms with Crippen LogP contribution in [0.3, 0.4) is 0 Å². The number of carbonyl (C=O) groups is 1. The molecule has 0 saturated heterocycles. The number of nitrogens with two attached hydrogens (primary N) is 1. The molecule has 5 heteroatoms. The van der Waals surface area contributed by atoms with Gasteiger partial charge in [0.05, 0.1) is 0 Å². The van der Waals surface area contributed by atoms with Crippen LogP contribution in [0, 0.1) is 0 Å². The third kappa shape index (κ3) is 4.01. The number of hydrogen-bond donors (Lipinski definition) is 3. The number of amides is 1. The molecule has 1 unspecified atom stereocenters. The zero-order valence-corrected chi connectivity index (χ0v) is 10.1. The minimum Gasteiger partial charge on any atom is -0.491 e. The fourth-order valence-corrected chi connectivity index (χ4v) is 1.56. The first kappa shape index (κ1) is 12.9. The van der Waals surface area contributed by atoms with E-state index >= 15 is 0 Å². The van der Waals surface area contributed by atoms with Crippen molar-refractivity contribution in [1.29, 1.82) is 0 Å². The van der Waals surface area contributed by atoms with Gasteiger partial charge in [-0.25, -0.2) is 0 Å². The van der Waals surface area contributed by atoms with Gasteiger partial charge in [0, 0.05) is 18.2 Å². The molecular formula is C13H18N2O3. The molecule has 1 saturated carbocycles. The average Bonchev–Trinajstić information content (AvgIpc) is 3.18. The Morgan fingerprint density at radius 3 is 2.67 bits per heavy atom. The van der Waals surface area contributed by atoms with Gasteiger partial charge in [0.1, 0.15) is 18.5 Å². The van der Waals surface area contributed by atoms with E-state index in [1.807, 2.05) is 0 Å². The van der Waals surface area contributed by atoms with Crippen molar-refractivity contribution < 1.29 is 14.6 Å². The van der Waals surface area contributed by atoms with Gasteiger partial charge in [-0.3, -0.25) is 4.79 Å². The normalized spacial score (nSPS) is 16.3. The van der Waals surface area contributed by atoms with Crippen LogP contribution in [-0.4, -0.2) is 36.3 Å². The van der Waals surface area contributed by atoms with Crippen LogP contribution in [0.2, 0.25) is 0 Å².